The molecule has 0 saturated heterocycles. The molecule has 2 rings (SSSR count). The van der Waals surface area contributed by atoms with Crippen molar-refractivity contribution in [2.24, 2.45) is 11.1 Å². The number of hydrogen-bond donors (Lipinski definition) is 1. The summed E-state index contributed by atoms with van der Waals surface area (Å²) in [5, 5.41) is 3.99. The third-order valence-electron chi connectivity index (χ3n) is 3.07. The predicted molar refractivity (Wildman–Crippen MR) is 77.3 cm³/mol. The van der Waals surface area contributed by atoms with E-state index < -0.39 is 0 Å². The Labute approximate surface area is 119 Å². The SMILES string of the molecule is CCOc1ccccc1-c1nc(C(N)C(C)(C)C)no1. The Kier molecular flexibility index (Phi) is 4.09. The van der Waals surface area contributed by atoms with Gasteiger partial charge in [-0.1, -0.05) is 38.1 Å². The van der Waals surface area contributed by atoms with Crippen LogP contribution in [0.3, 0.4) is 0 Å². The number of rotatable bonds is 4. The Morgan fingerprint density at radius 3 is 2.65 bits per heavy atom. The lowest BCUT2D eigenvalue weighted by molar-refractivity contribution is 0.303. The summed E-state index contributed by atoms with van der Waals surface area (Å²) in [7, 11) is 0. The first-order chi connectivity index (χ1) is 9.43. The van der Waals surface area contributed by atoms with Crippen molar-refractivity contribution in [2.75, 3.05) is 6.61 Å². The molecule has 0 bridgehead atoms. The lowest BCUT2D eigenvalue weighted by Crippen LogP contribution is -2.27. The summed E-state index contributed by atoms with van der Waals surface area (Å²) in [5.74, 6) is 1.68. The molecule has 2 aromatic rings. The van der Waals surface area contributed by atoms with Crippen LogP contribution in [0.5, 0.6) is 5.75 Å². The van der Waals surface area contributed by atoms with Crippen molar-refractivity contribution < 1.29 is 9.26 Å². The van der Waals surface area contributed by atoms with Gasteiger partial charge in [0.15, 0.2) is 5.82 Å². The highest BCUT2D eigenvalue weighted by atomic mass is 16.5. The first kappa shape index (κ1) is 14.5. The normalized spacial score (nSPS) is 13.2. The van der Waals surface area contributed by atoms with Gasteiger partial charge in [0.25, 0.3) is 5.89 Å². The van der Waals surface area contributed by atoms with Crippen molar-refractivity contribution in [3.05, 3.63) is 30.1 Å². The quantitative estimate of drug-likeness (QED) is 0.927. The number of hydrogen-bond acceptors (Lipinski definition) is 5. The zero-order valence-electron chi connectivity index (χ0n) is 12.4. The van der Waals surface area contributed by atoms with Crippen molar-refractivity contribution in [3.63, 3.8) is 0 Å². The lowest BCUT2D eigenvalue weighted by atomic mass is 9.87. The Hall–Kier alpha value is -1.88. The molecule has 0 saturated carbocycles. The van der Waals surface area contributed by atoms with Gasteiger partial charge < -0.3 is 15.0 Å². The fraction of sp³-hybridized carbons (Fsp3) is 0.467. The van der Waals surface area contributed by atoms with E-state index in [-0.39, 0.29) is 11.5 Å². The summed E-state index contributed by atoms with van der Waals surface area (Å²) in [6.45, 7) is 8.65. The summed E-state index contributed by atoms with van der Waals surface area (Å²) >= 11 is 0. The highest BCUT2D eigenvalue weighted by molar-refractivity contribution is 5.62. The molecule has 0 fully saturated rings. The first-order valence-electron chi connectivity index (χ1n) is 6.75. The number of ether oxygens (including phenoxy) is 1. The molecule has 1 aromatic carbocycles. The molecule has 1 heterocycles. The second kappa shape index (κ2) is 5.63. The highest BCUT2D eigenvalue weighted by Crippen LogP contribution is 2.32. The summed E-state index contributed by atoms with van der Waals surface area (Å²) < 4.78 is 10.9. The molecule has 1 unspecified atom stereocenters. The molecule has 5 nitrogen and oxygen atoms in total. The van der Waals surface area contributed by atoms with Gasteiger partial charge in [-0.05, 0) is 24.5 Å². The maximum Gasteiger partial charge on any atom is 0.261 e. The van der Waals surface area contributed by atoms with E-state index in [9.17, 15) is 0 Å². The van der Waals surface area contributed by atoms with Gasteiger partial charge in [0, 0.05) is 0 Å². The van der Waals surface area contributed by atoms with Gasteiger partial charge in [0.2, 0.25) is 0 Å². The molecule has 0 aliphatic heterocycles. The minimum atomic E-state index is -0.278. The number of para-hydroxylation sites is 1. The zero-order chi connectivity index (χ0) is 14.8. The summed E-state index contributed by atoms with van der Waals surface area (Å²) in [6.07, 6.45) is 0. The molecular formula is C15H21N3O2. The van der Waals surface area contributed by atoms with Crippen molar-refractivity contribution in [3.8, 4) is 17.2 Å². The molecule has 0 spiro atoms. The molecule has 108 valence electrons. The Morgan fingerprint density at radius 1 is 1.30 bits per heavy atom. The first-order valence-corrected chi connectivity index (χ1v) is 6.75. The molecule has 0 aliphatic rings. The molecule has 20 heavy (non-hydrogen) atoms. The molecule has 0 radical (unpaired) electrons. The minimum Gasteiger partial charge on any atom is -0.493 e. The van der Waals surface area contributed by atoms with Gasteiger partial charge in [0.05, 0.1) is 18.2 Å². The van der Waals surface area contributed by atoms with Crippen LogP contribution < -0.4 is 10.5 Å². The van der Waals surface area contributed by atoms with Crippen LogP contribution in [0.25, 0.3) is 11.5 Å². The Balaban J connectivity index is 2.34. The van der Waals surface area contributed by atoms with Gasteiger partial charge in [-0.2, -0.15) is 4.98 Å². The van der Waals surface area contributed by atoms with Crippen LogP contribution in [-0.4, -0.2) is 16.7 Å². The van der Waals surface area contributed by atoms with Crippen molar-refractivity contribution in [1.29, 1.82) is 0 Å². The molecule has 1 aromatic heterocycles. The molecular weight excluding hydrogens is 254 g/mol. The molecule has 0 amide bonds. The van der Waals surface area contributed by atoms with Gasteiger partial charge in [-0.25, -0.2) is 0 Å². The second-order valence-corrected chi connectivity index (χ2v) is 5.73. The van der Waals surface area contributed by atoms with E-state index in [2.05, 4.69) is 10.1 Å². The fourth-order valence-electron chi connectivity index (χ4n) is 1.78. The number of nitrogens with zero attached hydrogens (tertiary/aromatic N) is 2. The second-order valence-electron chi connectivity index (χ2n) is 5.73. The smallest absolute Gasteiger partial charge is 0.261 e. The van der Waals surface area contributed by atoms with E-state index in [1.807, 2.05) is 52.0 Å². The van der Waals surface area contributed by atoms with Crippen molar-refractivity contribution in [1.82, 2.24) is 10.1 Å². The minimum absolute atomic E-state index is 0.124. The van der Waals surface area contributed by atoms with Crippen LogP contribution in [-0.2, 0) is 0 Å². The molecule has 1 atom stereocenters. The van der Waals surface area contributed by atoms with E-state index >= 15 is 0 Å². The van der Waals surface area contributed by atoms with Gasteiger partial charge in [0.1, 0.15) is 5.75 Å². The van der Waals surface area contributed by atoms with Crippen LogP contribution in [0.15, 0.2) is 28.8 Å². The van der Waals surface area contributed by atoms with E-state index in [4.69, 9.17) is 15.0 Å². The zero-order valence-corrected chi connectivity index (χ0v) is 12.4. The van der Waals surface area contributed by atoms with Crippen molar-refractivity contribution >= 4 is 0 Å². The maximum atomic E-state index is 6.14. The summed E-state index contributed by atoms with van der Waals surface area (Å²) in [6, 6.07) is 7.31. The lowest BCUT2D eigenvalue weighted by Gasteiger charge is -2.23. The monoisotopic (exact) mass is 275 g/mol. The van der Waals surface area contributed by atoms with Crippen LogP contribution in [0, 0.1) is 5.41 Å². The molecule has 2 N–H and O–H groups in total. The maximum absolute atomic E-state index is 6.14. The topological polar surface area (TPSA) is 74.2 Å². The van der Waals surface area contributed by atoms with Gasteiger partial charge in [-0.15, -0.1) is 0 Å². The number of benzene rings is 1. The summed E-state index contributed by atoms with van der Waals surface area (Å²) in [4.78, 5) is 4.41. The standard InChI is InChI=1S/C15H21N3O2/c1-5-19-11-9-7-6-8-10(11)14-17-13(18-20-14)12(16)15(2,3)4/h6-9,12H,5,16H2,1-4H3. The van der Waals surface area contributed by atoms with E-state index in [0.717, 1.165) is 11.3 Å². The van der Waals surface area contributed by atoms with Crippen LogP contribution >= 0.6 is 0 Å². The third kappa shape index (κ3) is 2.99. The highest BCUT2D eigenvalue weighted by Gasteiger charge is 2.27. The third-order valence-corrected chi connectivity index (χ3v) is 3.07. The number of nitrogens with two attached hydrogens (primary N) is 1. The van der Waals surface area contributed by atoms with E-state index in [1.165, 1.54) is 0 Å². The largest absolute Gasteiger partial charge is 0.493 e. The van der Waals surface area contributed by atoms with Crippen LogP contribution in [0.4, 0.5) is 0 Å². The predicted octanol–water partition coefficient (Wildman–Crippen LogP) is 3.18. The Bertz CT molecular complexity index is 572. The van der Waals surface area contributed by atoms with Crippen LogP contribution in [0.2, 0.25) is 0 Å². The average Bonchev–Trinajstić information content (AvgIpc) is 2.87. The van der Waals surface area contributed by atoms with Gasteiger partial charge in [-0.3, -0.25) is 0 Å². The molecule has 5 heteroatoms. The fourth-order valence-corrected chi connectivity index (χ4v) is 1.78. The van der Waals surface area contributed by atoms with E-state index in [0.29, 0.717) is 18.3 Å². The van der Waals surface area contributed by atoms with Gasteiger partial charge >= 0.3 is 0 Å². The number of aromatic nitrogens is 2. The average molecular weight is 275 g/mol. The van der Waals surface area contributed by atoms with Crippen molar-refractivity contribution in [2.45, 2.75) is 33.7 Å². The molecule has 0 aliphatic carbocycles. The van der Waals surface area contributed by atoms with Crippen LogP contribution in [0.1, 0.15) is 39.6 Å². The Morgan fingerprint density at radius 2 is 2.00 bits per heavy atom. The summed E-state index contributed by atoms with van der Waals surface area (Å²) in [5.41, 5.74) is 6.81. The van der Waals surface area contributed by atoms with E-state index in [1.54, 1.807) is 0 Å².